The van der Waals surface area contributed by atoms with E-state index in [0.717, 1.165) is 51.9 Å². The van der Waals surface area contributed by atoms with E-state index in [1.807, 2.05) is 4.90 Å². The van der Waals surface area contributed by atoms with Crippen LogP contribution in [0.4, 0.5) is 0 Å². The predicted molar refractivity (Wildman–Crippen MR) is 108 cm³/mol. The van der Waals surface area contributed by atoms with Crippen molar-refractivity contribution in [3.63, 3.8) is 0 Å². The second kappa shape index (κ2) is 8.63. The Morgan fingerprint density at radius 2 is 1.55 bits per heavy atom. The van der Waals surface area contributed by atoms with Gasteiger partial charge in [0.25, 0.3) is 11.8 Å². The molecule has 0 radical (unpaired) electrons. The molecular formula is C22H29N3O4. The minimum atomic E-state index is -0.295. The Morgan fingerprint density at radius 1 is 0.966 bits per heavy atom. The Kier molecular flexibility index (Phi) is 5.96. The summed E-state index contributed by atoms with van der Waals surface area (Å²) < 4.78 is 5.45. The minimum Gasteiger partial charge on any atom is -0.381 e. The molecule has 0 aliphatic carbocycles. The summed E-state index contributed by atoms with van der Waals surface area (Å²) in [5.41, 5.74) is 0.867. The molecule has 0 spiro atoms. The van der Waals surface area contributed by atoms with Gasteiger partial charge < -0.3 is 14.5 Å². The summed E-state index contributed by atoms with van der Waals surface area (Å²) in [6.07, 6.45) is 4.70. The number of nitrogens with zero attached hydrogens (tertiary/aromatic N) is 3. The van der Waals surface area contributed by atoms with Crippen molar-refractivity contribution >= 4 is 17.7 Å². The van der Waals surface area contributed by atoms with Crippen LogP contribution in [0.15, 0.2) is 24.3 Å². The van der Waals surface area contributed by atoms with Crippen LogP contribution in [-0.2, 0) is 9.53 Å². The summed E-state index contributed by atoms with van der Waals surface area (Å²) in [5.74, 6) is -0.564. The van der Waals surface area contributed by atoms with Crippen LogP contribution < -0.4 is 0 Å². The average molecular weight is 399 g/mol. The number of hydrogen-bond acceptors (Lipinski definition) is 5. The molecule has 0 aromatic heterocycles. The molecule has 3 heterocycles. The summed E-state index contributed by atoms with van der Waals surface area (Å²) in [5, 5.41) is 0. The number of likely N-dealkylation sites (tertiary alicyclic amines) is 2. The molecule has 3 amide bonds. The summed E-state index contributed by atoms with van der Waals surface area (Å²) in [7, 11) is 1.78. The van der Waals surface area contributed by atoms with E-state index in [0.29, 0.717) is 23.3 Å². The largest absolute Gasteiger partial charge is 0.381 e. The van der Waals surface area contributed by atoms with Crippen molar-refractivity contribution in [1.29, 1.82) is 0 Å². The van der Waals surface area contributed by atoms with Crippen LogP contribution >= 0.6 is 0 Å². The van der Waals surface area contributed by atoms with Gasteiger partial charge in [0.15, 0.2) is 0 Å². The van der Waals surface area contributed by atoms with E-state index in [1.165, 1.54) is 4.90 Å². The first-order valence-corrected chi connectivity index (χ1v) is 10.6. The van der Waals surface area contributed by atoms with Gasteiger partial charge in [0.1, 0.15) is 0 Å². The number of carbonyl (C=O) groups is 3. The van der Waals surface area contributed by atoms with E-state index in [9.17, 15) is 14.4 Å². The molecule has 1 aromatic carbocycles. The maximum Gasteiger partial charge on any atom is 0.261 e. The molecule has 3 aliphatic heterocycles. The molecule has 0 N–H and O–H groups in total. The van der Waals surface area contributed by atoms with Gasteiger partial charge in [0, 0.05) is 52.3 Å². The maximum atomic E-state index is 12.7. The Balaban J connectivity index is 1.24. The molecule has 4 rings (SSSR count). The number of hydrogen-bond donors (Lipinski definition) is 0. The Morgan fingerprint density at radius 3 is 2.10 bits per heavy atom. The van der Waals surface area contributed by atoms with Crippen molar-refractivity contribution in [3.8, 4) is 0 Å². The summed E-state index contributed by atoms with van der Waals surface area (Å²) in [6.45, 7) is 3.77. The molecule has 7 nitrogen and oxygen atoms in total. The zero-order valence-corrected chi connectivity index (χ0v) is 17.0. The van der Waals surface area contributed by atoms with Crippen LogP contribution in [0.3, 0.4) is 0 Å². The number of rotatable bonds is 5. The average Bonchev–Trinajstić information content (AvgIpc) is 3.02. The lowest BCUT2D eigenvalue weighted by Crippen LogP contribution is -2.50. The van der Waals surface area contributed by atoms with Gasteiger partial charge in [-0.25, -0.2) is 0 Å². The van der Waals surface area contributed by atoms with Crippen LogP contribution in [0, 0.1) is 0 Å². The Hall–Kier alpha value is -2.25. The smallest absolute Gasteiger partial charge is 0.261 e. The molecule has 3 aliphatic rings. The fourth-order valence-electron chi connectivity index (χ4n) is 4.76. The molecule has 0 unspecified atom stereocenters. The van der Waals surface area contributed by atoms with Crippen molar-refractivity contribution in [2.45, 2.75) is 44.2 Å². The monoisotopic (exact) mass is 399 g/mol. The predicted octanol–water partition coefficient (Wildman–Crippen LogP) is 1.77. The number of methoxy groups -OCH3 is 1. The highest BCUT2D eigenvalue weighted by molar-refractivity contribution is 6.21. The third kappa shape index (κ3) is 4.07. The second-order valence-electron chi connectivity index (χ2n) is 8.14. The third-order valence-corrected chi connectivity index (χ3v) is 6.57. The molecule has 1 aromatic rings. The van der Waals surface area contributed by atoms with Gasteiger partial charge in [-0.3, -0.25) is 19.3 Å². The normalized spacial score (nSPS) is 21.7. The van der Waals surface area contributed by atoms with E-state index >= 15 is 0 Å². The summed E-state index contributed by atoms with van der Waals surface area (Å²) >= 11 is 0. The van der Waals surface area contributed by atoms with Crippen LogP contribution in [0.5, 0.6) is 0 Å². The Labute approximate surface area is 171 Å². The molecular weight excluding hydrogens is 370 g/mol. The number of ether oxygens (including phenoxy) is 1. The highest BCUT2D eigenvalue weighted by atomic mass is 16.5. The number of imide groups is 1. The van der Waals surface area contributed by atoms with Crippen LogP contribution in [0.2, 0.25) is 0 Å². The van der Waals surface area contributed by atoms with Crippen LogP contribution in [0.1, 0.15) is 52.8 Å². The number of carbonyl (C=O) groups excluding carboxylic acids is 3. The maximum absolute atomic E-state index is 12.7. The zero-order valence-electron chi connectivity index (χ0n) is 17.0. The zero-order chi connectivity index (χ0) is 20.4. The topological polar surface area (TPSA) is 70.2 Å². The highest BCUT2D eigenvalue weighted by Gasteiger charge is 2.36. The van der Waals surface area contributed by atoms with Crippen molar-refractivity contribution in [2.24, 2.45) is 0 Å². The third-order valence-electron chi connectivity index (χ3n) is 6.57. The van der Waals surface area contributed by atoms with Gasteiger partial charge in [0.2, 0.25) is 5.91 Å². The van der Waals surface area contributed by atoms with Gasteiger partial charge in [0.05, 0.1) is 17.2 Å². The first-order chi connectivity index (χ1) is 14.1. The lowest BCUT2D eigenvalue weighted by molar-refractivity contribution is -0.133. The molecule has 156 valence electrons. The van der Waals surface area contributed by atoms with E-state index in [4.69, 9.17) is 4.74 Å². The van der Waals surface area contributed by atoms with Crippen molar-refractivity contribution in [3.05, 3.63) is 35.4 Å². The quantitative estimate of drug-likeness (QED) is 0.706. The van der Waals surface area contributed by atoms with Gasteiger partial charge in [-0.15, -0.1) is 0 Å². The molecule has 29 heavy (non-hydrogen) atoms. The van der Waals surface area contributed by atoms with Gasteiger partial charge in [-0.05, 0) is 37.8 Å². The summed E-state index contributed by atoms with van der Waals surface area (Å²) in [4.78, 5) is 43.1. The molecule has 2 fully saturated rings. The first kappa shape index (κ1) is 20.0. The van der Waals surface area contributed by atoms with Crippen molar-refractivity contribution in [2.75, 3.05) is 39.8 Å². The number of benzene rings is 1. The highest BCUT2D eigenvalue weighted by Crippen LogP contribution is 2.24. The van der Waals surface area contributed by atoms with Crippen molar-refractivity contribution < 1.29 is 19.1 Å². The van der Waals surface area contributed by atoms with Gasteiger partial charge in [-0.1, -0.05) is 12.1 Å². The lowest BCUT2D eigenvalue weighted by Gasteiger charge is -2.41. The molecule has 0 saturated carbocycles. The van der Waals surface area contributed by atoms with E-state index in [1.54, 1.807) is 31.4 Å². The number of amides is 3. The van der Waals surface area contributed by atoms with E-state index in [2.05, 4.69) is 4.90 Å². The number of piperidine rings is 2. The second-order valence-corrected chi connectivity index (χ2v) is 8.14. The molecule has 7 heteroatoms. The number of fused-ring (bicyclic) bond motifs is 1. The standard InChI is InChI=1S/C22H29N3O4/c1-29-17-8-13-23(14-9-17)16-6-11-24(12-7-16)20(26)10-15-25-21(27)18-4-2-3-5-19(18)22(25)28/h2-5,16-17H,6-15H2,1H3. The molecule has 2 saturated heterocycles. The minimum absolute atomic E-state index is 0.0260. The first-order valence-electron chi connectivity index (χ1n) is 10.6. The van der Waals surface area contributed by atoms with Crippen LogP contribution in [0.25, 0.3) is 0 Å². The van der Waals surface area contributed by atoms with Gasteiger partial charge >= 0.3 is 0 Å². The van der Waals surface area contributed by atoms with E-state index < -0.39 is 0 Å². The Bertz CT molecular complexity index is 745. The molecule has 0 bridgehead atoms. The van der Waals surface area contributed by atoms with Crippen molar-refractivity contribution in [1.82, 2.24) is 14.7 Å². The SMILES string of the molecule is COC1CCN(C2CCN(C(=O)CCN3C(=O)c4ccccc4C3=O)CC2)CC1. The van der Waals surface area contributed by atoms with Crippen LogP contribution in [-0.4, -0.2) is 84.4 Å². The molecule has 0 atom stereocenters. The lowest BCUT2D eigenvalue weighted by atomic mass is 9.98. The van der Waals surface area contributed by atoms with E-state index in [-0.39, 0.29) is 30.7 Å². The fourth-order valence-corrected chi connectivity index (χ4v) is 4.76. The van der Waals surface area contributed by atoms with Gasteiger partial charge in [-0.2, -0.15) is 0 Å². The fraction of sp³-hybridized carbons (Fsp3) is 0.591. The summed E-state index contributed by atoms with van der Waals surface area (Å²) in [6, 6.07) is 7.36.